The number of benzene rings is 1. The van der Waals surface area contributed by atoms with E-state index in [4.69, 9.17) is 4.74 Å². The number of carbonyl (C=O) groups is 1. The van der Waals surface area contributed by atoms with E-state index in [9.17, 15) is 13.6 Å². The minimum absolute atomic E-state index is 0.192. The summed E-state index contributed by atoms with van der Waals surface area (Å²) >= 11 is 0. The Balaban J connectivity index is 2.37. The zero-order valence-electron chi connectivity index (χ0n) is 10.3. The second kappa shape index (κ2) is 5.12. The van der Waals surface area contributed by atoms with Gasteiger partial charge in [-0.05, 0) is 25.6 Å². The summed E-state index contributed by atoms with van der Waals surface area (Å²) in [4.78, 5) is 12.2. The first kappa shape index (κ1) is 13.1. The maximum Gasteiger partial charge on any atom is 0.175 e. The molecule has 1 N–H and O–H groups in total. The average Bonchev–Trinajstić information content (AvgIpc) is 2.82. The van der Waals surface area contributed by atoms with Crippen LogP contribution in [-0.4, -0.2) is 32.1 Å². The van der Waals surface area contributed by atoms with Crippen LogP contribution in [0, 0.1) is 24.5 Å². The summed E-state index contributed by atoms with van der Waals surface area (Å²) in [7, 11) is 1.70. The van der Waals surface area contributed by atoms with Gasteiger partial charge in [0, 0.05) is 6.04 Å². The van der Waals surface area contributed by atoms with Gasteiger partial charge in [-0.3, -0.25) is 4.79 Å². The predicted molar refractivity (Wildman–Crippen MR) is 62.6 cm³/mol. The second-order valence-corrected chi connectivity index (χ2v) is 4.46. The van der Waals surface area contributed by atoms with Gasteiger partial charge in [0.2, 0.25) is 0 Å². The number of carbonyl (C=O) groups excluding carboxylic acids is 1. The lowest BCUT2D eigenvalue weighted by molar-refractivity contribution is 0.0883. The lowest BCUT2D eigenvalue weighted by Crippen LogP contribution is -2.37. The summed E-state index contributed by atoms with van der Waals surface area (Å²) in [5.74, 6) is -2.67. The van der Waals surface area contributed by atoms with Crippen molar-refractivity contribution in [2.24, 2.45) is 5.92 Å². The quantitative estimate of drug-likeness (QED) is 0.835. The van der Waals surface area contributed by atoms with Crippen molar-refractivity contribution in [3.63, 3.8) is 0 Å². The van der Waals surface area contributed by atoms with Crippen LogP contribution in [0.2, 0.25) is 0 Å². The molecule has 2 unspecified atom stereocenters. The van der Waals surface area contributed by atoms with Gasteiger partial charge < -0.3 is 10.1 Å². The Morgan fingerprint density at radius 1 is 1.39 bits per heavy atom. The molecule has 1 aliphatic rings. The Morgan fingerprint density at radius 3 is 2.78 bits per heavy atom. The van der Waals surface area contributed by atoms with Crippen LogP contribution in [0.3, 0.4) is 0 Å². The zero-order valence-corrected chi connectivity index (χ0v) is 10.3. The zero-order chi connectivity index (χ0) is 13.3. The fraction of sp³-hybridized carbons (Fsp3) is 0.462. The molecule has 2 rings (SSSR count). The summed E-state index contributed by atoms with van der Waals surface area (Å²) < 4.78 is 32.7. The number of hydrogen-bond donors (Lipinski definition) is 1. The molecule has 0 aromatic heterocycles. The van der Waals surface area contributed by atoms with E-state index in [-0.39, 0.29) is 18.2 Å². The molecule has 1 aromatic carbocycles. The third-order valence-corrected chi connectivity index (χ3v) is 3.32. The fourth-order valence-electron chi connectivity index (χ4n) is 2.17. The maximum atomic E-state index is 13.9. The molecule has 18 heavy (non-hydrogen) atoms. The summed E-state index contributed by atoms with van der Waals surface area (Å²) in [6.07, 6.45) is 0. The summed E-state index contributed by atoms with van der Waals surface area (Å²) in [5, 5.41) is 2.93. The molecular formula is C13H15F2NO2. The highest BCUT2D eigenvalue weighted by Gasteiger charge is 2.36. The Labute approximate surface area is 104 Å². The molecule has 0 spiro atoms. The van der Waals surface area contributed by atoms with Crippen LogP contribution in [0.1, 0.15) is 15.9 Å². The van der Waals surface area contributed by atoms with E-state index in [1.54, 1.807) is 7.05 Å². The molecule has 1 saturated heterocycles. The van der Waals surface area contributed by atoms with Gasteiger partial charge in [0.1, 0.15) is 11.6 Å². The van der Waals surface area contributed by atoms with Crippen molar-refractivity contribution in [3.05, 3.63) is 34.9 Å². The fourth-order valence-corrected chi connectivity index (χ4v) is 2.17. The highest BCUT2D eigenvalue weighted by atomic mass is 19.1. The largest absolute Gasteiger partial charge is 0.379 e. The first-order chi connectivity index (χ1) is 8.56. The molecule has 0 aliphatic carbocycles. The van der Waals surface area contributed by atoms with Crippen molar-refractivity contribution < 1.29 is 18.3 Å². The molecule has 1 aromatic rings. The summed E-state index contributed by atoms with van der Waals surface area (Å²) in [6, 6.07) is 2.25. The number of likely N-dealkylation sites (N-methyl/N-ethyl adjacent to an activating group) is 1. The van der Waals surface area contributed by atoms with Gasteiger partial charge in [-0.15, -0.1) is 0 Å². The van der Waals surface area contributed by atoms with Crippen LogP contribution in [-0.2, 0) is 4.74 Å². The highest BCUT2D eigenvalue weighted by molar-refractivity contribution is 5.99. The molecule has 3 nitrogen and oxygen atoms in total. The Bertz CT molecular complexity index is 476. The van der Waals surface area contributed by atoms with Crippen molar-refractivity contribution in [1.29, 1.82) is 0 Å². The predicted octanol–water partition coefficient (Wildman–Crippen LogP) is 1.69. The van der Waals surface area contributed by atoms with Gasteiger partial charge >= 0.3 is 0 Å². The molecule has 0 saturated carbocycles. The molecule has 1 heterocycles. The van der Waals surface area contributed by atoms with Gasteiger partial charge in [0.05, 0.1) is 24.7 Å². The first-order valence-corrected chi connectivity index (χ1v) is 5.80. The van der Waals surface area contributed by atoms with Crippen LogP contribution in [0.5, 0.6) is 0 Å². The van der Waals surface area contributed by atoms with Gasteiger partial charge in [-0.2, -0.15) is 0 Å². The van der Waals surface area contributed by atoms with Gasteiger partial charge in [0.15, 0.2) is 5.78 Å². The number of aryl methyl sites for hydroxylation is 1. The van der Waals surface area contributed by atoms with Crippen molar-refractivity contribution in [2.75, 3.05) is 20.3 Å². The monoisotopic (exact) mass is 255 g/mol. The van der Waals surface area contributed by atoms with Crippen molar-refractivity contribution in [3.8, 4) is 0 Å². The smallest absolute Gasteiger partial charge is 0.175 e. The second-order valence-electron chi connectivity index (χ2n) is 4.46. The van der Waals surface area contributed by atoms with Crippen molar-refractivity contribution >= 4 is 5.78 Å². The molecule has 0 amide bonds. The molecular weight excluding hydrogens is 240 g/mol. The Morgan fingerprint density at radius 2 is 2.11 bits per heavy atom. The number of halogens is 2. The Kier molecular flexibility index (Phi) is 3.73. The minimum Gasteiger partial charge on any atom is -0.379 e. The number of nitrogens with one attached hydrogen (secondary N) is 1. The number of ketones is 1. The Hall–Kier alpha value is -1.33. The lowest BCUT2D eigenvalue weighted by atomic mass is 9.92. The van der Waals surface area contributed by atoms with Gasteiger partial charge in [-0.1, -0.05) is 6.07 Å². The van der Waals surface area contributed by atoms with E-state index in [2.05, 4.69) is 5.32 Å². The molecule has 1 fully saturated rings. The third kappa shape index (κ3) is 2.15. The van der Waals surface area contributed by atoms with Crippen LogP contribution in [0.15, 0.2) is 12.1 Å². The molecule has 1 aliphatic heterocycles. The maximum absolute atomic E-state index is 13.9. The highest BCUT2D eigenvalue weighted by Crippen LogP contribution is 2.24. The molecule has 0 radical (unpaired) electrons. The SMILES string of the molecule is CNC1COCC1C(=O)c1c(F)ccc(C)c1F. The van der Waals surface area contributed by atoms with E-state index >= 15 is 0 Å². The minimum atomic E-state index is -0.815. The molecule has 98 valence electrons. The third-order valence-electron chi connectivity index (χ3n) is 3.32. The number of Topliss-reactive ketones (excluding diaryl/α,β-unsaturated/α-hetero) is 1. The van der Waals surface area contributed by atoms with Crippen LogP contribution in [0.25, 0.3) is 0 Å². The van der Waals surface area contributed by atoms with E-state index in [1.807, 2.05) is 0 Å². The van der Waals surface area contributed by atoms with E-state index < -0.39 is 28.9 Å². The number of rotatable bonds is 3. The van der Waals surface area contributed by atoms with Crippen molar-refractivity contribution in [1.82, 2.24) is 5.32 Å². The van der Waals surface area contributed by atoms with Crippen molar-refractivity contribution in [2.45, 2.75) is 13.0 Å². The molecule has 2 atom stereocenters. The number of hydrogen-bond acceptors (Lipinski definition) is 3. The van der Waals surface area contributed by atoms with Gasteiger partial charge in [-0.25, -0.2) is 8.78 Å². The lowest BCUT2D eigenvalue weighted by Gasteiger charge is -2.16. The standard InChI is InChI=1S/C13H15F2NO2/c1-7-3-4-9(14)11(12(7)15)13(17)8-5-18-6-10(8)16-2/h3-4,8,10,16H,5-6H2,1-2H3. The summed E-state index contributed by atoms with van der Waals surface area (Å²) in [6.45, 7) is 2.07. The van der Waals surface area contributed by atoms with E-state index in [0.29, 0.717) is 6.61 Å². The van der Waals surface area contributed by atoms with E-state index in [0.717, 1.165) is 6.07 Å². The van der Waals surface area contributed by atoms with Gasteiger partial charge in [0.25, 0.3) is 0 Å². The first-order valence-electron chi connectivity index (χ1n) is 5.80. The summed E-state index contributed by atoms with van der Waals surface area (Å²) in [5.41, 5.74) is -0.189. The van der Waals surface area contributed by atoms with Crippen LogP contribution < -0.4 is 5.32 Å². The number of ether oxygens (including phenoxy) is 1. The van der Waals surface area contributed by atoms with E-state index in [1.165, 1.54) is 13.0 Å². The normalized spacial score (nSPS) is 23.3. The van der Waals surface area contributed by atoms with Crippen LogP contribution >= 0.6 is 0 Å². The topological polar surface area (TPSA) is 38.3 Å². The average molecular weight is 255 g/mol. The molecule has 5 heteroatoms. The van der Waals surface area contributed by atoms with Crippen LogP contribution in [0.4, 0.5) is 8.78 Å². The molecule has 0 bridgehead atoms.